The summed E-state index contributed by atoms with van der Waals surface area (Å²) in [5.41, 5.74) is 2.78. The first-order chi connectivity index (χ1) is 8.31. The van der Waals surface area contributed by atoms with E-state index in [2.05, 4.69) is 53.2 Å². The molecule has 1 N–H and O–H groups in total. The monoisotopic (exact) mass is 250 g/mol. The van der Waals surface area contributed by atoms with Gasteiger partial charge in [0.1, 0.15) is 0 Å². The van der Waals surface area contributed by atoms with Gasteiger partial charge in [-0.25, -0.2) is 0 Å². The van der Waals surface area contributed by atoms with Crippen molar-refractivity contribution in [3.63, 3.8) is 0 Å². The van der Waals surface area contributed by atoms with Gasteiger partial charge in [0, 0.05) is 37.2 Å². The van der Waals surface area contributed by atoms with Gasteiger partial charge in [0.15, 0.2) is 0 Å². The van der Waals surface area contributed by atoms with Crippen LogP contribution in [0.2, 0.25) is 0 Å². The Balaban J connectivity index is 2.12. The fourth-order valence-electron chi connectivity index (χ4n) is 2.33. The highest BCUT2D eigenvalue weighted by Gasteiger charge is 2.21. The van der Waals surface area contributed by atoms with E-state index in [9.17, 15) is 0 Å². The summed E-state index contributed by atoms with van der Waals surface area (Å²) in [6.07, 6.45) is 0. The topological polar surface area (TPSA) is 15.3 Å². The second-order valence-electron chi connectivity index (χ2n) is 4.63. The van der Waals surface area contributed by atoms with Crippen molar-refractivity contribution in [1.82, 2.24) is 10.2 Å². The lowest BCUT2D eigenvalue weighted by Crippen LogP contribution is -2.40. The van der Waals surface area contributed by atoms with Gasteiger partial charge in [0.05, 0.1) is 0 Å². The van der Waals surface area contributed by atoms with Crippen LogP contribution in [0.15, 0.2) is 24.3 Å². The molecule has 2 rings (SSSR count). The lowest BCUT2D eigenvalue weighted by molar-refractivity contribution is 0.215. The lowest BCUT2D eigenvalue weighted by atomic mass is 10.0. The molecule has 0 bridgehead atoms. The second kappa shape index (κ2) is 6.43. The third-order valence-electron chi connectivity index (χ3n) is 3.35. The van der Waals surface area contributed by atoms with Gasteiger partial charge >= 0.3 is 0 Å². The van der Waals surface area contributed by atoms with E-state index in [1.165, 1.54) is 35.7 Å². The fraction of sp³-hybridized carbons (Fsp3) is 0.571. The van der Waals surface area contributed by atoms with Crippen molar-refractivity contribution >= 4 is 11.8 Å². The van der Waals surface area contributed by atoms with Gasteiger partial charge in [-0.05, 0) is 19.5 Å². The molecule has 94 valence electrons. The molecule has 0 saturated carbocycles. The summed E-state index contributed by atoms with van der Waals surface area (Å²) in [7, 11) is 2.04. The third kappa shape index (κ3) is 3.47. The van der Waals surface area contributed by atoms with Crippen LogP contribution in [0.3, 0.4) is 0 Å². The Morgan fingerprint density at radius 3 is 2.47 bits per heavy atom. The van der Waals surface area contributed by atoms with Crippen LogP contribution in [0, 0.1) is 6.92 Å². The number of nitrogens with zero attached hydrogens (tertiary/aromatic N) is 1. The molecule has 1 aliphatic rings. The number of thioether (sulfide) groups is 1. The molecule has 1 saturated heterocycles. The van der Waals surface area contributed by atoms with Gasteiger partial charge in [-0.3, -0.25) is 4.90 Å². The predicted octanol–water partition coefficient (Wildman–Crippen LogP) is 2.30. The molecule has 0 aromatic heterocycles. The molecular weight excluding hydrogens is 228 g/mol. The minimum atomic E-state index is 0.529. The molecule has 1 unspecified atom stereocenters. The molecule has 1 aromatic rings. The van der Waals surface area contributed by atoms with E-state index < -0.39 is 0 Å². The van der Waals surface area contributed by atoms with Crippen LogP contribution >= 0.6 is 11.8 Å². The third-order valence-corrected chi connectivity index (χ3v) is 4.29. The molecule has 1 fully saturated rings. The largest absolute Gasteiger partial charge is 0.318 e. The summed E-state index contributed by atoms with van der Waals surface area (Å²) in [5.74, 6) is 2.54. The van der Waals surface area contributed by atoms with E-state index in [-0.39, 0.29) is 0 Å². The Labute approximate surface area is 109 Å². The van der Waals surface area contributed by atoms with Crippen molar-refractivity contribution in [3.8, 4) is 0 Å². The molecule has 1 aliphatic heterocycles. The summed E-state index contributed by atoms with van der Waals surface area (Å²) in [5, 5.41) is 3.33. The fourth-order valence-corrected chi connectivity index (χ4v) is 3.26. The van der Waals surface area contributed by atoms with Crippen molar-refractivity contribution in [3.05, 3.63) is 35.4 Å². The zero-order chi connectivity index (χ0) is 12.1. The maximum Gasteiger partial charge on any atom is 0.0473 e. The molecule has 3 heteroatoms. The first kappa shape index (κ1) is 12.9. The van der Waals surface area contributed by atoms with Crippen LogP contribution in [0.5, 0.6) is 0 Å². The smallest absolute Gasteiger partial charge is 0.0473 e. The van der Waals surface area contributed by atoms with E-state index in [0.29, 0.717) is 6.04 Å². The quantitative estimate of drug-likeness (QED) is 0.883. The SMILES string of the molecule is CNCC(c1ccc(C)cc1)N1CCSCC1. The Morgan fingerprint density at radius 1 is 1.24 bits per heavy atom. The predicted molar refractivity (Wildman–Crippen MR) is 76.7 cm³/mol. The van der Waals surface area contributed by atoms with E-state index in [4.69, 9.17) is 0 Å². The minimum absolute atomic E-state index is 0.529. The summed E-state index contributed by atoms with van der Waals surface area (Å²) >= 11 is 2.07. The molecule has 0 amide bonds. The summed E-state index contributed by atoms with van der Waals surface area (Å²) in [4.78, 5) is 2.61. The average Bonchev–Trinajstić information content (AvgIpc) is 2.38. The number of hydrogen-bond acceptors (Lipinski definition) is 3. The normalized spacial score (nSPS) is 19.2. The van der Waals surface area contributed by atoms with Gasteiger partial charge in [0.25, 0.3) is 0 Å². The maximum absolute atomic E-state index is 3.33. The number of benzene rings is 1. The Kier molecular flexibility index (Phi) is 4.89. The number of hydrogen-bond donors (Lipinski definition) is 1. The Morgan fingerprint density at radius 2 is 1.88 bits per heavy atom. The van der Waals surface area contributed by atoms with Crippen LogP contribution in [0.1, 0.15) is 17.2 Å². The van der Waals surface area contributed by atoms with E-state index >= 15 is 0 Å². The first-order valence-electron chi connectivity index (χ1n) is 6.34. The average molecular weight is 250 g/mol. The molecular formula is C14H22N2S. The van der Waals surface area contributed by atoms with Gasteiger partial charge in [-0.15, -0.1) is 0 Å². The molecule has 1 aromatic carbocycles. The van der Waals surface area contributed by atoms with Crippen molar-refractivity contribution in [2.45, 2.75) is 13.0 Å². The number of nitrogens with one attached hydrogen (secondary N) is 1. The molecule has 2 nitrogen and oxygen atoms in total. The van der Waals surface area contributed by atoms with Crippen molar-refractivity contribution in [1.29, 1.82) is 0 Å². The maximum atomic E-state index is 3.33. The van der Waals surface area contributed by atoms with Gasteiger partial charge in [-0.1, -0.05) is 29.8 Å². The zero-order valence-corrected chi connectivity index (χ0v) is 11.6. The van der Waals surface area contributed by atoms with E-state index in [1.807, 2.05) is 7.05 Å². The molecule has 0 radical (unpaired) electrons. The van der Waals surface area contributed by atoms with E-state index in [1.54, 1.807) is 0 Å². The molecule has 17 heavy (non-hydrogen) atoms. The first-order valence-corrected chi connectivity index (χ1v) is 7.49. The van der Waals surface area contributed by atoms with Crippen molar-refractivity contribution < 1.29 is 0 Å². The Bertz CT molecular complexity index is 331. The van der Waals surface area contributed by atoms with Crippen LogP contribution in [0.4, 0.5) is 0 Å². The van der Waals surface area contributed by atoms with E-state index in [0.717, 1.165) is 6.54 Å². The highest BCUT2D eigenvalue weighted by Crippen LogP contribution is 2.23. The Hall–Kier alpha value is -0.510. The summed E-state index contributed by atoms with van der Waals surface area (Å²) in [6.45, 7) is 5.61. The van der Waals surface area contributed by atoms with Crippen LogP contribution < -0.4 is 5.32 Å². The second-order valence-corrected chi connectivity index (χ2v) is 5.86. The summed E-state index contributed by atoms with van der Waals surface area (Å²) < 4.78 is 0. The molecule has 0 aliphatic carbocycles. The minimum Gasteiger partial charge on any atom is -0.318 e. The molecule has 1 atom stereocenters. The standard InChI is InChI=1S/C14H22N2S/c1-12-3-5-13(6-4-12)14(11-15-2)16-7-9-17-10-8-16/h3-6,14-15H,7-11H2,1-2H3. The molecule has 0 spiro atoms. The molecule has 1 heterocycles. The van der Waals surface area contributed by atoms with Crippen LogP contribution in [0.25, 0.3) is 0 Å². The highest BCUT2D eigenvalue weighted by molar-refractivity contribution is 7.99. The van der Waals surface area contributed by atoms with Crippen molar-refractivity contribution in [2.75, 3.05) is 38.2 Å². The van der Waals surface area contributed by atoms with Crippen LogP contribution in [-0.2, 0) is 0 Å². The van der Waals surface area contributed by atoms with Crippen LogP contribution in [-0.4, -0.2) is 43.1 Å². The number of aryl methyl sites for hydroxylation is 1. The lowest BCUT2D eigenvalue weighted by Gasteiger charge is -2.34. The van der Waals surface area contributed by atoms with Gasteiger partial charge in [0.2, 0.25) is 0 Å². The highest BCUT2D eigenvalue weighted by atomic mass is 32.2. The number of rotatable bonds is 4. The van der Waals surface area contributed by atoms with Crippen molar-refractivity contribution in [2.24, 2.45) is 0 Å². The summed E-state index contributed by atoms with van der Waals surface area (Å²) in [6, 6.07) is 9.52. The van der Waals surface area contributed by atoms with Gasteiger partial charge < -0.3 is 5.32 Å². The van der Waals surface area contributed by atoms with Gasteiger partial charge in [-0.2, -0.15) is 11.8 Å². The number of likely N-dealkylation sites (N-methyl/N-ethyl adjacent to an activating group) is 1. The zero-order valence-electron chi connectivity index (χ0n) is 10.8.